The topological polar surface area (TPSA) is 189 Å². The van der Waals surface area contributed by atoms with Crippen LogP contribution in [-0.2, 0) is 33.4 Å². The first-order chi connectivity index (χ1) is 20.7. The summed E-state index contributed by atoms with van der Waals surface area (Å²) < 4.78 is 10.0. The third-order valence-corrected chi connectivity index (χ3v) is 7.00. The first-order valence-corrected chi connectivity index (χ1v) is 16.1. The van der Waals surface area contributed by atoms with E-state index in [4.69, 9.17) is 19.7 Å². The minimum atomic E-state index is -1.17. The average Bonchev–Trinajstić information content (AvgIpc) is 2.95. The van der Waals surface area contributed by atoms with Gasteiger partial charge in [0.25, 0.3) is 0 Å². The Morgan fingerprint density at radius 3 is 1.44 bits per heavy atom. The average molecular weight is 617 g/mol. The van der Waals surface area contributed by atoms with Crippen LogP contribution in [0.15, 0.2) is 0 Å². The number of hydrogen-bond acceptors (Lipinski definition) is 7. The SMILES string of the molecule is O=C(O)CCCCCCCCCCCCCCCCCCC(=O)N[C@@H](CCC(=O)NCCOCCOCC(=O)O)C(=O)O. The van der Waals surface area contributed by atoms with Crippen LogP contribution in [-0.4, -0.2) is 84.1 Å². The second kappa shape index (κ2) is 29.3. The summed E-state index contributed by atoms with van der Waals surface area (Å²) in [7, 11) is 0. The van der Waals surface area contributed by atoms with Crippen LogP contribution in [0, 0.1) is 0 Å². The van der Waals surface area contributed by atoms with Gasteiger partial charge in [0.05, 0.1) is 19.8 Å². The molecule has 0 aromatic rings. The Hall–Kier alpha value is -2.73. The van der Waals surface area contributed by atoms with E-state index in [1.807, 2.05) is 0 Å². The highest BCUT2D eigenvalue weighted by Crippen LogP contribution is 2.14. The Morgan fingerprint density at radius 1 is 0.512 bits per heavy atom. The van der Waals surface area contributed by atoms with Gasteiger partial charge in [-0.1, -0.05) is 89.9 Å². The molecule has 0 aliphatic rings. The summed E-state index contributed by atoms with van der Waals surface area (Å²) >= 11 is 0. The fourth-order valence-electron chi connectivity index (χ4n) is 4.57. The Labute approximate surface area is 256 Å². The monoisotopic (exact) mass is 616 g/mol. The zero-order valence-electron chi connectivity index (χ0n) is 26.0. The molecular weight excluding hydrogens is 560 g/mol. The van der Waals surface area contributed by atoms with Crippen LogP contribution in [0.3, 0.4) is 0 Å². The van der Waals surface area contributed by atoms with Gasteiger partial charge in [-0.2, -0.15) is 0 Å². The summed E-state index contributed by atoms with van der Waals surface area (Å²) in [5.41, 5.74) is 0. The van der Waals surface area contributed by atoms with Gasteiger partial charge in [-0.15, -0.1) is 0 Å². The molecule has 5 N–H and O–H groups in total. The van der Waals surface area contributed by atoms with Gasteiger partial charge in [-0.05, 0) is 19.3 Å². The number of carbonyl (C=O) groups is 5. The summed E-state index contributed by atoms with van der Waals surface area (Å²) in [6.45, 7) is 0.363. The van der Waals surface area contributed by atoms with Crippen LogP contribution in [0.25, 0.3) is 0 Å². The quantitative estimate of drug-likeness (QED) is 0.0664. The van der Waals surface area contributed by atoms with Crippen molar-refractivity contribution in [3.8, 4) is 0 Å². The minimum absolute atomic E-state index is 0.00697. The molecule has 12 nitrogen and oxygen atoms in total. The molecule has 0 spiro atoms. The van der Waals surface area contributed by atoms with E-state index in [2.05, 4.69) is 10.6 Å². The predicted molar refractivity (Wildman–Crippen MR) is 162 cm³/mol. The second-order valence-electron chi connectivity index (χ2n) is 11.0. The van der Waals surface area contributed by atoms with Gasteiger partial charge in [-0.3, -0.25) is 14.4 Å². The highest BCUT2D eigenvalue weighted by molar-refractivity contribution is 5.84. The molecule has 2 amide bonds. The number of ether oxygens (including phenoxy) is 2. The molecule has 0 rings (SSSR count). The van der Waals surface area contributed by atoms with Crippen LogP contribution in [0.4, 0.5) is 0 Å². The number of aliphatic carboxylic acids is 3. The zero-order chi connectivity index (χ0) is 32.0. The van der Waals surface area contributed by atoms with E-state index in [9.17, 15) is 29.1 Å². The molecule has 250 valence electrons. The van der Waals surface area contributed by atoms with Crippen molar-refractivity contribution < 1.29 is 48.8 Å². The summed E-state index contributed by atoms with van der Waals surface area (Å²) in [5.74, 6) is -3.59. The number of hydrogen-bond donors (Lipinski definition) is 5. The molecule has 1 atom stereocenters. The van der Waals surface area contributed by atoms with E-state index < -0.39 is 30.6 Å². The molecule has 0 fully saturated rings. The summed E-state index contributed by atoms with van der Waals surface area (Å²) in [6.07, 6.45) is 18.5. The van der Waals surface area contributed by atoms with E-state index in [0.717, 1.165) is 38.5 Å². The van der Waals surface area contributed by atoms with Crippen LogP contribution in [0.2, 0.25) is 0 Å². The van der Waals surface area contributed by atoms with Crippen LogP contribution < -0.4 is 10.6 Å². The van der Waals surface area contributed by atoms with Gasteiger partial charge in [0.1, 0.15) is 12.6 Å². The van der Waals surface area contributed by atoms with E-state index >= 15 is 0 Å². The highest BCUT2D eigenvalue weighted by Gasteiger charge is 2.20. The van der Waals surface area contributed by atoms with E-state index in [-0.39, 0.29) is 63.9 Å². The Balaban J connectivity index is 3.61. The first kappa shape index (κ1) is 40.3. The molecule has 0 saturated carbocycles. The Morgan fingerprint density at radius 2 is 0.977 bits per heavy atom. The first-order valence-electron chi connectivity index (χ1n) is 16.1. The molecule has 0 radical (unpaired) electrons. The third kappa shape index (κ3) is 30.5. The predicted octanol–water partition coefficient (Wildman–Crippen LogP) is 4.68. The van der Waals surface area contributed by atoms with Gasteiger partial charge in [-0.25, -0.2) is 9.59 Å². The fourth-order valence-corrected chi connectivity index (χ4v) is 4.57. The molecule has 12 heteroatoms. The van der Waals surface area contributed by atoms with Crippen molar-refractivity contribution in [2.45, 2.75) is 134 Å². The summed E-state index contributed by atoms with van der Waals surface area (Å²) in [6, 6.07) is -1.11. The third-order valence-electron chi connectivity index (χ3n) is 7.00. The molecule has 0 saturated heterocycles. The molecule has 0 unspecified atom stereocenters. The number of carbonyl (C=O) groups excluding carboxylic acids is 2. The van der Waals surface area contributed by atoms with Crippen molar-refractivity contribution >= 4 is 29.7 Å². The molecule has 0 aliphatic heterocycles. The van der Waals surface area contributed by atoms with Crippen molar-refractivity contribution in [1.29, 1.82) is 0 Å². The molecule has 0 aromatic heterocycles. The molecule has 43 heavy (non-hydrogen) atoms. The number of rotatable bonds is 32. The van der Waals surface area contributed by atoms with Crippen molar-refractivity contribution in [3.05, 3.63) is 0 Å². The minimum Gasteiger partial charge on any atom is -0.481 e. The number of unbranched alkanes of at least 4 members (excludes halogenated alkanes) is 15. The maximum Gasteiger partial charge on any atom is 0.329 e. The molecule has 0 aromatic carbocycles. The number of nitrogens with one attached hydrogen (secondary N) is 2. The van der Waals surface area contributed by atoms with Gasteiger partial charge < -0.3 is 35.4 Å². The maximum atomic E-state index is 12.2. The van der Waals surface area contributed by atoms with Crippen molar-refractivity contribution in [2.75, 3.05) is 33.0 Å². The number of amides is 2. The van der Waals surface area contributed by atoms with Crippen LogP contribution >= 0.6 is 0 Å². The van der Waals surface area contributed by atoms with E-state index in [1.165, 1.54) is 57.8 Å². The number of carboxylic acid groups (broad SMARTS) is 3. The van der Waals surface area contributed by atoms with E-state index in [1.54, 1.807) is 0 Å². The lowest BCUT2D eigenvalue weighted by atomic mass is 10.0. The summed E-state index contributed by atoms with van der Waals surface area (Å²) in [4.78, 5) is 56.4. The van der Waals surface area contributed by atoms with Gasteiger partial charge in [0, 0.05) is 25.8 Å². The smallest absolute Gasteiger partial charge is 0.329 e. The molecule has 0 bridgehead atoms. The maximum absolute atomic E-state index is 12.2. The Kier molecular flexibility index (Phi) is 27.5. The molecule has 0 heterocycles. The van der Waals surface area contributed by atoms with Crippen molar-refractivity contribution in [3.63, 3.8) is 0 Å². The Bertz CT molecular complexity index is 763. The lowest BCUT2D eigenvalue weighted by molar-refractivity contribution is -0.143. The highest BCUT2D eigenvalue weighted by atomic mass is 16.5. The standard InChI is InChI=1S/C31H56N2O10/c34-27(32-21-22-42-23-24-43-25-30(38)39)20-19-26(31(40)41)33-28(35)17-15-13-11-9-7-5-3-1-2-4-6-8-10-12-14-16-18-29(36)37/h26H,1-25H2,(H,32,34)(H,33,35)(H,36,37)(H,38,39)(H,40,41)/t26-/m0/s1. The second-order valence-corrected chi connectivity index (χ2v) is 11.0. The van der Waals surface area contributed by atoms with Crippen molar-refractivity contribution in [1.82, 2.24) is 10.6 Å². The van der Waals surface area contributed by atoms with Gasteiger partial charge in [0.2, 0.25) is 11.8 Å². The van der Waals surface area contributed by atoms with Crippen molar-refractivity contribution in [2.24, 2.45) is 0 Å². The lowest BCUT2D eigenvalue weighted by Crippen LogP contribution is -2.41. The van der Waals surface area contributed by atoms with E-state index in [0.29, 0.717) is 6.42 Å². The fraction of sp³-hybridized carbons (Fsp3) is 0.839. The lowest BCUT2D eigenvalue weighted by Gasteiger charge is -2.14. The molecule has 0 aliphatic carbocycles. The normalized spacial score (nSPS) is 11.6. The summed E-state index contributed by atoms with van der Waals surface area (Å²) in [5, 5.41) is 31.6. The van der Waals surface area contributed by atoms with Crippen LogP contribution in [0.1, 0.15) is 128 Å². The van der Waals surface area contributed by atoms with Gasteiger partial charge in [0.15, 0.2) is 0 Å². The van der Waals surface area contributed by atoms with Gasteiger partial charge >= 0.3 is 17.9 Å². The number of carboxylic acids is 3. The van der Waals surface area contributed by atoms with Crippen LogP contribution in [0.5, 0.6) is 0 Å². The molecular formula is C31H56N2O10. The largest absolute Gasteiger partial charge is 0.481 e. The zero-order valence-corrected chi connectivity index (χ0v) is 26.0.